The number of aryl methyl sites for hydroxylation is 1. The molecule has 0 amide bonds. The molecule has 0 spiro atoms. The number of nitrogens with zero attached hydrogens (tertiary/aromatic N) is 1. The maximum atomic E-state index is 13.7. The first-order valence-corrected chi connectivity index (χ1v) is 11.8. The van der Waals surface area contributed by atoms with E-state index in [1.165, 1.54) is 13.2 Å². The van der Waals surface area contributed by atoms with E-state index in [1.54, 1.807) is 12.1 Å². The molecule has 4 atom stereocenters. The Morgan fingerprint density at radius 1 is 1.16 bits per heavy atom. The van der Waals surface area contributed by atoms with Crippen molar-refractivity contribution in [2.24, 2.45) is 17.0 Å². The number of aliphatic carboxylic acids is 1. The van der Waals surface area contributed by atoms with Crippen molar-refractivity contribution in [3.05, 3.63) is 35.6 Å². The maximum Gasteiger partial charge on any atom is 0.303 e. The second-order valence-corrected chi connectivity index (χ2v) is 8.87. The van der Waals surface area contributed by atoms with Crippen LogP contribution in [0.5, 0.6) is 0 Å². The predicted octanol–water partition coefficient (Wildman–Crippen LogP) is 4.71. The molecule has 1 aliphatic rings. The Kier molecular flexibility index (Phi) is 11.7. The van der Waals surface area contributed by atoms with E-state index in [-0.39, 0.29) is 24.1 Å². The quantitative estimate of drug-likeness (QED) is 0.265. The topological polar surface area (TPSA) is 99.4 Å². The highest BCUT2D eigenvalue weighted by molar-refractivity contribution is 5.89. The minimum atomic E-state index is -0.760. The van der Waals surface area contributed by atoms with Gasteiger partial charge in [0.2, 0.25) is 0 Å². The molecule has 1 aromatic carbocycles. The number of aliphatic hydroxyl groups excluding tert-OH is 2. The third-order valence-corrected chi connectivity index (χ3v) is 6.50. The molecule has 1 aromatic rings. The van der Waals surface area contributed by atoms with Crippen molar-refractivity contribution in [2.75, 3.05) is 7.11 Å². The molecule has 1 aliphatic carbocycles. The van der Waals surface area contributed by atoms with Gasteiger partial charge in [0.25, 0.3) is 0 Å². The Balaban J connectivity index is 1.78. The molecule has 0 radical (unpaired) electrons. The lowest BCUT2D eigenvalue weighted by atomic mass is 9.84. The van der Waals surface area contributed by atoms with E-state index in [1.807, 2.05) is 6.07 Å². The molecule has 6 nitrogen and oxygen atoms in total. The number of unbranched alkanes of at least 4 members (excludes halogenated alkanes) is 3. The van der Waals surface area contributed by atoms with Crippen LogP contribution in [0, 0.1) is 17.7 Å². The van der Waals surface area contributed by atoms with Crippen LogP contribution in [0.2, 0.25) is 0 Å². The van der Waals surface area contributed by atoms with Crippen LogP contribution in [0.25, 0.3) is 0 Å². The van der Waals surface area contributed by atoms with E-state index in [9.17, 15) is 19.4 Å². The second-order valence-electron chi connectivity index (χ2n) is 8.87. The van der Waals surface area contributed by atoms with E-state index < -0.39 is 18.2 Å². The van der Waals surface area contributed by atoms with Gasteiger partial charge in [-0.15, -0.1) is 0 Å². The van der Waals surface area contributed by atoms with Crippen LogP contribution in [0.15, 0.2) is 29.4 Å². The van der Waals surface area contributed by atoms with Gasteiger partial charge in [-0.3, -0.25) is 4.79 Å². The summed E-state index contributed by atoms with van der Waals surface area (Å²) >= 11 is 0. The molecule has 180 valence electrons. The van der Waals surface area contributed by atoms with Gasteiger partial charge in [-0.25, -0.2) is 4.39 Å². The van der Waals surface area contributed by atoms with E-state index in [0.717, 1.165) is 37.8 Å². The zero-order valence-corrected chi connectivity index (χ0v) is 19.1. The molecule has 0 bridgehead atoms. The highest BCUT2D eigenvalue weighted by atomic mass is 19.1. The van der Waals surface area contributed by atoms with Gasteiger partial charge >= 0.3 is 5.97 Å². The van der Waals surface area contributed by atoms with Gasteiger partial charge in [0, 0.05) is 18.8 Å². The monoisotopic (exact) mass is 451 g/mol. The van der Waals surface area contributed by atoms with Crippen LogP contribution >= 0.6 is 0 Å². The number of benzene rings is 1. The number of oxime groups is 1. The number of carbonyl (C=O) groups is 1. The summed E-state index contributed by atoms with van der Waals surface area (Å²) in [6.45, 7) is 0. The lowest BCUT2D eigenvalue weighted by molar-refractivity contribution is -0.137. The standard InChI is InChI=1S/C25H38FNO5/c1-32-27-23-17-24(29)21(12-4-2-3-5-14-25(30)31)20(23)16-15-19(28)11-8-10-18-9-6-7-13-22(18)26/h6-7,9,13,19-21,24,28-29H,2-5,8,10-12,14-17H2,1H3,(H,30,31)/b27-23-/t19-,20?,21+,24-/m0/s1. The first kappa shape index (κ1) is 26.3. The number of carboxylic acid groups (broad SMARTS) is 1. The fourth-order valence-corrected chi connectivity index (χ4v) is 4.78. The molecule has 0 heterocycles. The van der Waals surface area contributed by atoms with Crippen molar-refractivity contribution >= 4 is 11.7 Å². The van der Waals surface area contributed by atoms with E-state index >= 15 is 0 Å². The van der Waals surface area contributed by atoms with Gasteiger partial charge in [-0.2, -0.15) is 0 Å². The Morgan fingerprint density at radius 3 is 2.62 bits per heavy atom. The Morgan fingerprint density at radius 2 is 1.91 bits per heavy atom. The maximum absolute atomic E-state index is 13.7. The van der Waals surface area contributed by atoms with E-state index in [0.29, 0.717) is 44.1 Å². The molecular weight excluding hydrogens is 413 g/mol. The van der Waals surface area contributed by atoms with Crippen LogP contribution in [0.3, 0.4) is 0 Å². The predicted molar refractivity (Wildman–Crippen MR) is 122 cm³/mol. The number of aliphatic hydroxyl groups is 2. The fourth-order valence-electron chi connectivity index (χ4n) is 4.78. The van der Waals surface area contributed by atoms with E-state index in [2.05, 4.69) is 5.16 Å². The number of hydrogen-bond donors (Lipinski definition) is 3. The van der Waals surface area contributed by atoms with Gasteiger partial charge in [0.05, 0.1) is 17.9 Å². The van der Waals surface area contributed by atoms with Crippen molar-refractivity contribution in [1.29, 1.82) is 0 Å². The molecule has 32 heavy (non-hydrogen) atoms. The van der Waals surface area contributed by atoms with Crippen molar-refractivity contribution in [2.45, 2.75) is 89.3 Å². The van der Waals surface area contributed by atoms with E-state index in [4.69, 9.17) is 9.94 Å². The van der Waals surface area contributed by atoms with Crippen LogP contribution in [-0.2, 0) is 16.1 Å². The summed E-state index contributed by atoms with van der Waals surface area (Å²) < 4.78 is 13.7. The van der Waals surface area contributed by atoms with Gasteiger partial charge in [-0.05, 0) is 62.5 Å². The summed E-state index contributed by atoms with van der Waals surface area (Å²) in [4.78, 5) is 15.6. The molecule has 7 heteroatoms. The Labute approximate surface area is 190 Å². The molecule has 1 saturated carbocycles. The summed E-state index contributed by atoms with van der Waals surface area (Å²) in [7, 11) is 1.50. The highest BCUT2D eigenvalue weighted by Crippen LogP contribution is 2.37. The van der Waals surface area contributed by atoms with Crippen LogP contribution in [-0.4, -0.2) is 46.3 Å². The highest BCUT2D eigenvalue weighted by Gasteiger charge is 2.39. The second kappa shape index (κ2) is 14.2. The first-order chi connectivity index (χ1) is 15.4. The summed E-state index contributed by atoms with van der Waals surface area (Å²) in [5.41, 5.74) is 1.53. The Bertz CT molecular complexity index is 726. The molecular formula is C25H38FNO5. The van der Waals surface area contributed by atoms with Crippen molar-refractivity contribution in [3.63, 3.8) is 0 Å². The van der Waals surface area contributed by atoms with Gasteiger partial charge in [0.1, 0.15) is 12.9 Å². The van der Waals surface area contributed by atoms with Gasteiger partial charge in [0.15, 0.2) is 0 Å². The minimum absolute atomic E-state index is 0.0742. The zero-order valence-electron chi connectivity index (χ0n) is 19.1. The van der Waals surface area contributed by atoms with Gasteiger partial charge < -0.3 is 20.2 Å². The molecule has 0 saturated heterocycles. The summed E-state index contributed by atoms with van der Waals surface area (Å²) in [5.74, 6) is -0.809. The molecule has 3 N–H and O–H groups in total. The smallest absolute Gasteiger partial charge is 0.303 e. The van der Waals surface area contributed by atoms with Crippen molar-refractivity contribution in [3.8, 4) is 0 Å². The lowest BCUT2D eigenvalue weighted by Crippen LogP contribution is -2.22. The minimum Gasteiger partial charge on any atom is -0.481 e. The number of halogens is 1. The normalized spacial score (nSPS) is 22.9. The molecule has 0 aliphatic heterocycles. The SMILES string of the molecule is CO/N=C1/C[C@H](O)[C@H](CCCCCCC(=O)O)C1CC[C@@H](O)CCCc1ccccc1F. The van der Waals surface area contributed by atoms with Crippen LogP contribution in [0.1, 0.15) is 76.2 Å². The molecule has 2 rings (SSSR count). The van der Waals surface area contributed by atoms with Crippen molar-refractivity contribution in [1.82, 2.24) is 0 Å². The summed E-state index contributed by atoms with van der Waals surface area (Å²) in [6.07, 6.45) is 7.30. The largest absolute Gasteiger partial charge is 0.481 e. The summed E-state index contributed by atoms with van der Waals surface area (Å²) in [5, 5.41) is 33.9. The molecule has 1 unspecified atom stereocenters. The zero-order chi connectivity index (χ0) is 23.3. The average Bonchev–Trinajstić information content (AvgIpc) is 3.04. The average molecular weight is 452 g/mol. The molecule has 0 aromatic heterocycles. The number of carboxylic acids is 1. The van der Waals surface area contributed by atoms with Crippen LogP contribution in [0.4, 0.5) is 4.39 Å². The number of hydrogen-bond acceptors (Lipinski definition) is 5. The molecule has 1 fully saturated rings. The summed E-state index contributed by atoms with van der Waals surface area (Å²) in [6, 6.07) is 6.74. The van der Waals surface area contributed by atoms with Gasteiger partial charge in [-0.1, -0.05) is 42.6 Å². The third kappa shape index (κ3) is 8.87. The first-order valence-electron chi connectivity index (χ1n) is 11.8. The van der Waals surface area contributed by atoms with Crippen LogP contribution < -0.4 is 0 Å². The lowest BCUT2D eigenvalue weighted by Gasteiger charge is -2.23. The van der Waals surface area contributed by atoms with Crippen molar-refractivity contribution < 1.29 is 29.3 Å². The fraction of sp³-hybridized carbons (Fsp3) is 0.680. The Hall–Kier alpha value is -1.99. The third-order valence-electron chi connectivity index (χ3n) is 6.50. The number of rotatable bonds is 15.